The molecule has 0 saturated heterocycles. The second-order valence-corrected chi connectivity index (χ2v) is 4.66. The highest BCUT2D eigenvalue weighted by Gasteiger charge is 2.24. The zero-order chi connectivity index (χ0) is 9.26. The largest absolute Gasteiger partial charge is 0.324 e. The van der Waals surface area contributed by atoms with Crippen LogP contribution in [0.5, 0.6) is 0 Å². The Morgan fingerprint density at radius 3 is 2.69 bits per heavy atom. The van der Waals surface area contributed by atoms with E-state index in [1.807, 2.05) is 12.1 Å². The Labute approximate surface area is 87.5 Å². The van der Waals surface area contributed by atoms with E-state index < -0.39 is 0 Å². The standard InChI is InChI=1S/C11H14BrN/c12-10-4-2-1-3-9(10)11(13)7-8-5-6-8/h1-4,8,11H,5-7,13H2/t11-/m1/s1. The normalized spacial score (nSPS) is 18.6. The van der Waals surface area contributed by atoms with Gasteiger partial charge in [0.25, 0.3) is 0 Å². The molecule has 1 aromatic carbocycles. The molecule has 0 bridgehead atoms. The van der Waals surface area contributed by atoms with E-state index in [1.165, 1.54) is 18.4 Å². The van der Waals surface area contributed by atoms with E-state index in [1.54, 1.807) is 0 Å². The van der Waals surface area contributed by atoms with Gasteiger partial charge in [0.15, 0.2) is 0 Å². The maximum Gasteiger partial charge on any atom is 0.0308 e. The molecule has 0 aliphatic heterocycles. The maximum atomic E-state index is 6.11. The van der Waals surface area contributed by atoms with Gasteiger partial charge >= 0.3 is 0 Å². The summed E-state index contributed by atoms with van der Waals surface area (Å²) in [5, 5.41) is 0. The molecule has 13 heavy (non-hydrogen) atoms. The van der Waals surface area contributed by atoms with Gasteiger partial charge in [-0.25, -0.2) is 0 Å². The summed E-state index contributed by atoms with van der Waals surface area (Å²) >= 11 is 3.53. The first kappa shape index (κ1) is 9.22. The van der Waals surface area contributed by atoms with Crippen LogP contribution in [0, 0.1) is 5.92 Å². The van der Waals surface area contributed by atoms with Crippen molar-refractivity contribution in [3.8, 4) is 0 Å². The number of benzene rings is 1. The van der Waals surface area contributed by atoms with Crippen molar-refractivity contribution < 1.29 is 0 Å². The van der Waals surface area contributed by atoms with Crippen LogP contribution in [0.1, 0.15) is 30.9 Å². The van der Waals surface area contributed by atoms with Gasteiger partial charge in [-0.15, -0.1) is 0 Å². The predicted molar refractivity (Wildman–Crippen MR) is 58.4 cm³/mol. The molecule has 0 heterocycles. The summed E-state index contributed by atoms with van der Waals surface area (Å²) in [7, 11) is 0. The minimum atomic E-state index is 0.211. The number of hydrogen-bond acceptors (Lipinski definition) is 1. The van der Waals surface area contributed by atoms with Gasteiger partial charge in [-0.05, 0) is 24.0 Å². The van der Waals surface area contributed by atoms with E-state index in [-0.39, 0.29) is 6.04 Å². The molecule has 0 aromatic heterocycles. The van der Waals surface area contributed by atoms with Crippen molar-refractivity contribution in [1.82, 2.24) is 0 Å². The van der Waals surface area contributed by atoms with Gasteiger partial charge in [-0.2, -0.15) is 0 Å². The molecule has 2 heteroatoms. The fourth-order valence-corrected chi connectivity index (χ4v) is 2.19. The summed E-state index contributed by atoms with van der Waals surface area (Å²) in [6.45, 7) is 0. The quantitative estimate of drug-likeness (QED) is 0.862. The van der Waals surface area contributed by atoms with Gasteiger partial charge in [0.05, 0.1) is 0 Å². The van der Waals surface area contributed by atoms with E-state index in [4.69, 9.17) is 5.73 Å². The molecule has 70 valence electrons. The molecule has 0 radical (unpaired) electrons. The summed E-state index contributed by atoms with van der Waals surface area (Å²) in [5.41, 5.74) is 7.35. The first-order valence-electron chi connectivity index (χ1n) is 4.77. The summed E-state index contributed by atoms with van der Waals surface area (Å²) < 4.78 is 1.14. The first-order chi connectivity index (χ1) is 6.27. The third-order valence-corrected chi connectivity index (χ3v) is 3.31. The number of rotatable bonds is 3. The molecule has 1 aliphatic carbocycles. The van der Waals surface area contributed by atoms with Crippen molar-refractivity contribution in [2.75, 3.05) is 0 Å². The molecule has 1 atom stereocenters. The van der Waals surface area contributed by atoms with Gasteiger partial charge in [-0.1, -0.05) is 47.0 Å². The monoisotopic (exact) mass is 239 g/mol. The lowest BCUT2D eigenvalue weighted by Crippen LogP contribution is -2.11. The minimum Gasteiger partial charge on any atom is -0.324 e. The van der Waals surface area contributed by atoms with E-state index in [9.17, 15) is 0 Å². The molecule has 1 fully saturated rings. The van der Waals surface area contributed by atoms with Crippen molar-refractivity contribution in [2.45, 2.75) is 25.3 Å². The number of hydrogen-bond donors (Lipinski definition) is 1. The zero-order valence-corrected chi connectivity index (χ0v) is 9.13. The highest BCUT2D eigenvalue weighted by Crippen LogP contribution is 2.37. The average Bonchev–Trinajstić information content (AvgIpc) is 2.89. The fraction of sp³-hybridized carbons (Fsp3) is 0.455. The second kappa shape index (κ2) is 3.81. The highest BCUT2D eigenvalue weighted by molar-refractivity contribution is 9.10. The first-order valence-corrected chi connectivity index (χ1v) is 5.56. The molecule has 1 nitrogen and oxygen atoms in total. The minimum absolute atomic E-state index is 0.211. The molecule has 1 aliphatic rings. The van der Waals surface area contributed by atoms with E-state index in [0.717, 1.165) is 16.8 Å². The molecular formula is C11H14BrN. The molecule has 2 rings (SSSR count). The average molecular weight is 240 g/mol. The van der Waals surface area contributed by atoms with Crippen LogP contribution in [0.15, 0.2) is 28.7 Å². The Hall–Kier alpha value is -0.340. The van der Waals surface area contributed by atoms with Crippen LogP contribution >= 0.6 is 15.9 Å². The van der Waals surface area contributed by atoms with Crippen LogP contribution in [0.3, 0.4) is 0 Å². The summed E-state index contributed by atoms with van der Waals surface area (Å²) in [6.07, 6.45) is 3.89. The summed E-state index contributed by atoms with van der Waals surface area (Å²) in [6, 6.07) is 8.45. The Bertz CT molecular complexity index is 294. The number of halogens is 1. The van der Waals surface area contributed by atoms with Crippen LogP contribution in [0.4, 0.5) is 0 Å². The maximum absolute atomic E-state index is 6.11. The van der Waals surface area contributed by atoms with Crippen molar-refractivity contribution >= 4 is 15.9 Å². The molecule has 1 saturated carbocycles. The third-order valence-electron chi connectivity index (χ3n) is 2.59. The molecule has 0 unspecified atom stereocenters. The summed E-state index contributed by atoms with van der Waals surface area (Å²) in [4.78, 5) is 0. The fourth-order valence-electron chi connectivity index (χ4n) is 1.62. The van der Waals surface area contributed by atoms with Gasteiger partial charge in [0.1, 0.15) is 0 Å². The van der Waals surface area contributed by atoms with Crippen LogP contribution in [-0.4, -0.2) is 0 Å². The molecule has 0 spiro atoms. The molecular weight excluding hydrogens is 226 g/mol. The molecule has 2 N–H and O–H groups in total. The summed E-state index contributed by atoms with van der Waals surface area (Å²) in [5.74, 6) is 0.891. The van der Waals surface area contributed by atoms with Crippen LogP contribution in [0.25, 0.3) is 0 Å². The van der Waals surface area contributed by atoms with E-state index in [0.29, 0.717) is 0 Å². The van der Waals surface area contributed by atoms with Crippen LogP contribution in [0.2, 0.25) is 0 Å². The Morgan fingerprint density at radius 2 is 2.08 bits per heavy atom. The van der Waals surface area contributed by atoms with Gasteiger partial charge in [-0.3, -0.25) is 0 Å². The zero-order valence-electron chi connectivity index (χ0n) is 7.54. The lowest BCUT2D eigenvalue weighted by molar-refractivity contribution is 0.595. The Kier molecular flexibility index (Phi) is 2.70. The van der Waals surface area contributed by atoms with Crippen molar-refractivity contribution in [3.05, 3.63) is 34.3 Å². The van der Waals surface area contributed by atoms with Crippen molar-refractivity contribution in [1.29, 1.82) is 0 Å². The SMILES string of the molecule is N[C@H](CC1CC1)c1ccccc1Br. The van der Waals surface area contributed by atoms with Crippen LogP contribution < -0.4 is 5.73 Å². The Balaban J connectivity index is 2.09. The van der Waals surface area contributed by atoms with Gasteiger partial charge in [0.2, 0.25) is 0 Å². The second-order valence-electron chi connectivity index (χ2n) is 3.81. The van der Waals surface area contributed by atoms with E-state index in [2.05, 4.69) is 28.1 Å². The van der Waals surface area contributed by atoms with Gasteiger partial charge in [0, 0.05) is 10.5 Å². The predicted octanol–water partition coefficient (Wildman–Crippen LogP) is 3.25. The smallest absolute Gasteiger partial charge is 0.0308 e. The van der Waals surface area contributed by atoms with Gasteiger partial charge < -0.3 is 5.73 Å². The van der Waals surface area contributed by atoms with Crippen LogP contribution in [-0.2, 0) is 0 Å². The van der Waals surface area contributed by atoms with Crippen molar-refractivity contribution in [2.24, 2.45) is 11.7 Å². The lowest BCUT2D eigenvalue weighted by Gasteiger charge is -2.12. The van der Waals surface area contributed by atoms with E-state index >= 15 is 0 Å². The number of nitrogens with two attached hydrogens (primary N) is 1. The lowest BCUT2D eigenvalue weighted by atomic mass is 10.0. The topological polar surface area (TPSA) is 26.0 Å². The molecule has 1 aromatic rings. The molecule has 0 amide bonds. The Morgan fingerprint density at radius 1 is 1.38 bits per heavy atom. The third kappa shape index (κ3) is 2.32. The highest BCUT2D eigenvalue weighted by atomic mass is 79.9. The van der Waals surface area contributed by atoms with Crippen molar-refractivity contribution in [3.63, 3.8) is 0 Å².